The number of hydrogen-bond donors (Lipinski definition) is 0. The van der Waals surface area contributed by atoms with Gasteiger partial charge in [-0.15, -0.1) is 0 Å². The van der Waals surface area contributed by atoms with E-state index in [1.165, 1.54) is 12.2 Å². The number of pyridine rings is 1. The third kappa shape index (κ3) is 2.80. The van der Waals surface area contributed by atoms with Crippen LogP contribution >= 0.6 is 11.6 Å². The summed E-state index contributed by atoms with van der Waals surface area (Å²) in [6.07, 6.45) is 9.46. The molecule has 1 aliphatic heterocycles. The van der Waals surface area contributed by atoms with Crippen LogP contribution in [0.5, 0.6) is 0 Å². The summed E-state index contributed by atoms with van der Waals surface area (Å²) in [6, 6.07) is 9.73. The van der Waals surface area contributed by atoms with Crippen molar-refractivity contribution in [3.8, 4) is 11.1 Å². The van der Waals surface area contributed by atoms with Crippen molar-refractivity contribution in [3.05, 3.63) is 77.6 Å². The maximum Gasteiger partial charge on any atom is 0.209 e. The van der Waals surface area contributed by atoms with Crippen LogP contribution in [0.2, 0.25) is 5.02 Å². The summed E-state index contributed by atoms with van der Waals surface area (Å²) in [5.74, 6) is -0.988. The Bertz CT molecular complexity index is 826. The third-order valence-electron chi connectivity index (χ3n) is 4.11. The van der Waals surface area contributed by atoms with E-state index in [1.54, 1.807) is 30.6 Å². The highest BCUT2D eigenvalue weighted by Crippen LogP contribution is 2.37. The number of ether oxygens (including phenoxy) is 2. The van der Waals surface area contributed by atoms with Crippen LogP contribution in [0.15, 0.2) is 67.0 Å². The maximum absolute atomic E-state index is 11.3. The van der Waals surface area contributed by atoms with Crippen molar-refractivity contribution in [1.82, 2.24) is 4.98 Å². The van der Waals surface area contributed by atoms with Gasteiger partial charge in [0.05, 0.1) is 11.6 Å². The highest BCUT2D eigenvalue weighted by atomic mass is 35.5. The predicted octanol–water partition coefficient (Wildman–Crippen LogP) is 3.88. The number of rotatable bonds is 2. The summed E-state index contributed by atoms with van der Waals surface area (Å²) in [5, 5.41) is 0.666. The van der Waals surface area contributed by atoms with Crippen molar-refractivity contribution >= 4 is 17.4 Å². The van der Waals surface area contributed by atoms with Crippen LogP contribution in [-0.4, -0.2) is 23.2 Å². The van der Waals surface area contributed by atoms with Crippen LogP contribution in [0.4, 0.5) is 0 Å². The molecule has 4 nitrogen and oxygen atoms in total. The van der Waals surface area contributed by atoms with Gasteiger partial charge in [0.15, 0.2) is 5.78 Å². The van der Waals surface area contributed by atoms with Gasteiger partial charge >= 0.3 is 0 Å². The second-order valence-electron chi connectivity index (χ2n) is 5.69. The van der Waals surface area contributed by atoms with Gasteiger partial charge in [-0.05, 0) is 41.5 Å². The lowest BCUT2D eigenvalue weighted by Crippen LogP contribution is -2.27. The van der Waals surface area contributed by atoms with Crippen LogP contribution in [0.25, 0.3) is 11.1 Å². The zero-order valence-corrected chi connectivity index (χ0v) is 13.4. The van der Waals surface area contributed by atoms with Crippen LogP contribution in [0.1, 0.15) is 11.7 Å². The van der Waals surface area contributed by atoms with E-state index in [0.717, 1.165) is 16.7 Å². The Morgan fingerprint density at radius 2 is 1.88 bits per heavy atom. The molecule has 1 unspecified atom stereocenters. The van der Waals surface area contributed by atoms with Crippen LogP contribution in [0, 0.1) is 0 Å². The number of aromatic nitrogens is 1. The molecule has 0 radical (unpaired) electrons. The van der Waals surface area contributed by atoms with Gasteiger partial charge in [-0.3, -0.25) is 9.78 Å². The summed E-state index contributed by atoms with van der Waals surface area (Å²) < 4.78 is 11.8. The molecule has 2 heterocycles. The molecular formula is C19H14ClNO3. The average molecular weight is 340 g/mol. The maximum atomic E-state index is 11.3. The number of benzene rings is 1. The van der Waals surface area contributed by atoms with E-state index in [9.17, 15) is 4.79 Å². The predicted molar refractivity (Wildman–Crippen MR) is 90.5 cm³/mol. The molecule has 0 bridgehead atoms. The highest BCUT2D eigenvalue weighted by molar-refractivity contribution is 6.33. The number of carbonyl (C=O) groups excluding carboxylic acids is 1. The zero-order valence-electron chi connectivity index (χ0n) is 12.7. The van der Waals surface area contributed by atoms with Gasteiger partial charge in [0.25, 0.3) is 0 Å². The normalized spacial score (nSPS) is 21.5. The van der Waals surface area contributed by atoms with E-state index >= 15 is 0 Å². The van der Waals surface area contributed by atoms with Crippen molar-refractivity contribution in [2.24, 2.45) is 0 Å². The summed E-state index contributed by atoms with van der Waals surface area (Å²) >= 11 is 6.21. The third-order valence-corrected chi connectivity index (χ3v) is 4.44. The van der Waals surface area contributed by atoms with Gasteiger partial charge < -0.3 is 9.47 Å². The van der Waals surface area contributed by atoms with Crippen LogP contribution in [-0.2, 0) is 14.3 Å². The molecule has 5 heteroatoms. The number of ketones is 1. The molecule has 1 fully saturated rings. The molecule has 1 aliphatic carbocycles. The van der Waals surface area contributed by atoms with Crippen molar-refractivity contribution in [2.45, 2.75) is 11.9 Å². The van der Waals surface area contributed by atoms with Gasteiger partial charge in [-0.25, -0.2) is 0 Å². The molecular weight excluding hydrogens is 326 g/mol. The number of halogens is 1. The van der Waals surface area contributed by atoms with Crippen LogP contribution in [0.3, 0.4) is 0 Å². The van der Waals surface area contributed by atoms with Crippen molar-refractivity contribution in [3.63, 3.8) is 0 Å². The second kappa shape index (κ2) is 5.98. The quantitative estimate of drug-likeness (QED) is 0.833. The number of allylic oxidation sites excluding steroid dienone is 2. The molecule has 120 valence electrons. The molecule has 0 N–H and O–H groups in total. The van der Waals surface area contributed by atoms with Gasteiger partial charge in [-0.2, -0.15) is 0 Å². The monoisotopic (exact) mass is 339 g/mol. The molecule has 24 heavy (non-hydrogen) atoms. The fraction of sp³-hybridized carbons (Fsp3) is 0.158. The van der Waals surface area contributed by atoms with E-state index in [1.807, 2.05) is 24.3 Å². The van der Waals surface area contributed by atoms with Crippen molar-refractivity contribution in [2.75, 3.05) is 6.61 Å². The summed E-state index contributed by atoms with van der Waals surface area (Å²) in [5.41, 5.74) is 2.89. The molecule has 1 atom stereocenters. The lowest BCUT2D eigenvalue weighted by molar-refractivity contribution is -0.113. The molecule has 2 aromatic rings. The molecule has 1 aromatic heterocycles. The van der Waals surface area contributed by atoms with E-state index in [-0.39, 0.29) is 11.9 Å². The van der Waals surface area contributed by atoms with E-state index in [0.29, 0.717) is 11.6 Å². The van der Waals surface area contributed by atoms with Gasteiger partial charge in [0.2, 0.25) is 5.79 Å². The second-order valence-corrected chi connectivity index (χ2v) is 6.09. The van der Waals surface area contributed by atoms with E-state index < -0.39 is 5.79 Å². The average Bonchev–Trinajstić information content (AvgIpc) is 3.03. The summed E-state index contributed by atoms with van der Waals surface area (Å²) in [4.78, 5) is 15.4. The molecule has 1 saturated heterocycles. The lowest BCUT2D eigenvalue weighted by Gasteiger charge is -2.22. The first-order valence-electron chi connectivity index (χ1n) is 7.59. The van der Waals surface area contributed by atoms with Crippen molar-refractivity contribution in [1.29, 1.82) is 0 Å². The number of nitrogens with zero attached hydrogens (tertiary/aromatic N) is 1. The van der Waals surface area contributed by atoms with Gasteiger partial charge in [-0.1, -0.05) is 35.9 Å². The lowest BCUT2D eigenvalue weighted by atomic mass is 10.0. The molecule has 0 amide bonds. The van der Waals surface area contributed by atoms with E-state index in [2.05, 4.69) is 4.98 Å². The zero-order chi connectivity index (χ0) is 16.6. The first-order valence-corrected chi connectivity index (χ1v) is 7.97. The molecule has 0 saturated carbocycles. The SMILES string of the molecule is O=C1C=CC2(C=C1)OCC(c1ccc(-c3cnccc3Cl)cc1)O2. The fourth-order valence-corrected chi connectivity index (χ4v) is 3.02. The Kier molecular flexibility index (Phi) is 3.81. The van der Waals surface area contributed by atoms with E-state index in [4.69, 9.17) is 21.1 Å². The number of hydrogen-bond acceptors (Lipinski definition) is 4. The minimum Gasteiger partial charge on any atom is -0.340 e. The Labute approximate surface area is 144 Å². The Morgan fingerprint density at radius 3 is 2.58 bits per heavy atom. The molecule has 1 spiro atoms. The molecule has 4 rings (SSSR count). The topological polar surface area (TPSA) is 48.4 Å². The smallest absolute Gasteiger partial charge is 0.209 e. The number of carbonyl (C=O) groups is 1. The highest BCUT2D eigenvalue weighted by Gasteiger charge is 2.39. The molecule has 2 aliphatic rings. The first-order chi connectivity index (χ1) is 11.7. The van der Waals surface area contributed by atoms with Gasteiger partial charge in [0.1, 0.15) is 6.10 Å². The van der Waals surface area contributed by atoms with Crippen LogP contribution < -0.4 is 0 Å². The molecule has 1 aromatic carbocycles. The minimum atomic E-state index is -0.927. The Balaban J connectivity index is 1.54. The standard InChI is InChI=1S/C19H14ClNO3/c20-17-7-10-21-11-16(17)13-1-3-14(4-2-13)18-12-23-19(24-18)8-5-15(22)6-9-19/h1-11,18H,12H2. The largest absolute Gasteiger partial charge is 0.340 e. The first kappa shape index (κ1) is 15.3. The van der Waals surface area contributed by atoms with Crippen molar-refractivity contribution < 1.29 is 14.3 Å². The minimum absolute atomic E-state index is 0.0611. The summed E-state index contributed by atoms with van der Waals surface area (Å²) in [7, 11) is 0. The van der Waals surface area contributed by atoms with Gasteiger partial charge in [0, 0.05) is 18.0 Å². The fourth-order valence-electron chi connectivity index (χ4n) is 2.81. The Morgan fingerprint density at radius 1 is 1.12 bits per heavy atom. The summed E-state index contributed by atoms with van der Waals surface area (Å²) in [6.45, 7) is 0.426. The Hall–Kier alpha value is -2.27.